The van der Waals surface area contributed by atoms with Crippen molar-refractivity contribution < 1.29 is 14.3 Å². The van der Waals surface area contributed by atoms with Gasteiger partial charge in [-0.2, -0.15) is 0 Å². The second-order valence-corrected chi connectivity index (χ2v) is 6.12. The number of nitrogens with two attached hydrogens (primary N) is 1. The van der Waals surface area contributed by atoms with Crippen LogP contribution in [0.25, 0.3) is 0 Å². The monoisotopic (exact) mass is 289 g/mol. The van der Waals surface area contributed by atoms with E-state index < -0.39 is 6.04 Å². The lowest BCUT2D eigenvalue weighted by Crippen LogP contribution is -2.47. The molecule has 0 radical (unpaired) electrons. The maximum atomic E-state index is 12.7. The van der Waals surface area contributed by atoms with Crippen LogP contribution in [0.3, 0.4) is 0 Å². The Morgan fingerprint density at radius 1 is 1.19 bits per heavy atom. The molecule has 0 bridgehead atoms. The van der Waals surface area contributed by atoms with Crippen molar-refractivity contribution in [3.63, 3.8) is 0 Å². The lowest BCUT2D eigenvalue weighted by Gasteiger charge is -2.43. The van der Waals surface area contributed by atoms with E-state index in [1.807, 2.05) is 30.3 Å². The predicted molar refractivity (Wildman–Crippen MR) is 79.8 cm³/mol. The molecule has 2 saturated heterocycles. The Balaban J connectivity index is 1.69. The Labute approximate surface area is 125 Å². The Bertz CT molecular complexity index is 477. The highest BCUT2D eigenvalue weighted by Gasteiger charge is 2.42. The molecule has 2 N–H and O–H groups in total. The molecule has 2 aliphatic heterocycles. The summed E-state index contributed by atoms with van der Waals surface area (Å²) in [4.78, 5) is 12.7. The minimum absolute atomic E-state index is 0.00653. The first-order valence-electron chi connectivity index (χ1n) is 7.76. The Morgan fingerprint density at radius 3 is 2.62 bits per heavy atom. The summed E-state index contributed by atoms with van der Waals surface area (Å²) >= 11 is 0. The van der Waals surface area contributed by atoms with E-state index >= 15 is 0 Å². The number of Topliss-reactive ketones (excluding diaryl/α,β-unsaturated/α-hetero) is 1. The molecule has 0 saturated carbocycles. The predicted octanol–water partition coefficient (Wildman–Crippen LogP) is 2.23. The third-order valence-corrected chi connectivity index (χ3v) is 4.76. The number of hydrogen-bond donors (Lipinski definition) is 1. The quantitative estimate of drug-likeness (QED) is 0.927. The van der Waals surface area contributed by atoms with Crippen LogP contribution < -0.4 is 5.73 Å². The highest BCUT2D eigenvalue weighted by molar-refractivity contribution is 5.87. The second-order valence-electron chi connectivity index (χ2n) is 6.12. The lowest BCUT2D eigenvalue weighted by atomic mass is 9.77. The largest absolute Gasteiger partial charge is 0.381 e. The fourth-order valence-corrected chi connectivity index (χ4v) is 3.44. The number of benzene rings is 1. The number of hydrogen-bond acceptors (Lipinski definition) is 4. The molecule has 0 amide bonds. The summed E-state index contributed by atoms with van der Waals surface area (Å²) in [7, 11) is 0. The van der Waals surface area contributed by atoms with Crippen molar-refractivity contribution in [2.45, 2.75) is 37.3 Å². The molecule has 1 aromatic rings. The van der Waals surface area contributed by atoms with Crippen LogP contribution in [0.15, 0.2) is 30.3 Å². The van der Waals surface area contributed by atoms with Gasteiger partial charge in [0.1, 0.15) is 0 Å². The summed E-state index contributed by atoms with van der Waals surface area (Å²) in [5, 5.41) is 0. The van der Waals surface area contributed by atoms with Crippen molar-refractivity contribution in [3.05, 3.63) is 35.9 Å². The molecule has 1 unspecified atom stereocenters. The number of carbonyl (C=O) groups is 1. The summed E-state index contributed by atoms with van der Waals surface area (Å²) in [6.45, 7) is 2.11. The van der Waals surface area contributed by atoms with Crippen LogP contribution >= 0.6 is 0 Å². The zero-order valence-corrected chi connectivity index (χ0v) is 12.3. The smallest absolute Gasteiger partial charge is 0.157 e. The van der Waals surface area contributed by atoms with Gasteiger partial charge in [0.2, 0.25) is 0 Å². The minimum Gasteiger partial charge on any atom is -0.381 e. The first kappa shape index (κ1) is 14.7. The van der Waals surface area contributed by atoms with Crippen LogP contribution in [0.2, 0.25) is 0 Å². The molecule has 1 aromatic carbocycles. The normalized spacial score (nSPS) is 26.4. The van der Waals surface area contributed by atoms with Gasteiger partial charge in [0.15, 0.2) is 5.78 Å². The van der Waals surface area contributed by atoms with E-state index in [9.17, 15) is 4.79 Å². The molecule has 4 heteroatoms. The van der Waals surface area contributed by atoms with Crippen LogP contribution in [-0.2, 0) is 14.3 Å². The first-order valence-corrected chi connectivity index (χ1v) is 7.76. The second kappa shape index (κ2) is 6.26. The van der Waals surface area contributed by atoms with Gasteiger partial charge >= 0.3 is 0 Å². The number of ether oxygens (including phenoxy) is 2. The zero-order chi connectivity index (χ0) is 14.7. The molecule has 2 atom stereocenters. The average molecular weight is 289 g/mol. The molecular weight excluding hydrogens is 266 g/mol. The molecule has 114 valence electrons. The molecule has 1 spiro atoms. The molecular formula is C17H23NO3. The van der Waals surface area contributed by atoms with Crippen molar-refractivity contribution >= 4 is 5.78 Å². The van der Waals surface area contributed by atoms with Crippen LogP contribution in [-0.4, -0.2) is 31.2 Å². The molecule has 4 nitrogen and oxygen atoms in total. The summed E-state index contributed by atoms with van der Waals surface area (Å²) in [6, 6.07) is 9.11. The summed E-state index contributed by atoms with van der Waals surface area (Å²) in [5.74, 6) is 0.155. The molecule has 2 fully saturated rings. The van der Waals surface area contributed by atoms with Gasteiger partial charge in [-0.1, -0.05) is 30.3 Å². The van der Waals surface area contributed by atoms with Crippen LogP contribution in [0.1, 0.15) is 37.3 Å². The molecule has 2 heterocycles. The topological polar surface area (TPSA) is 61.6 Å². The van der Waals surface area contributed by atoms with Crippen LogP contribution in [0, 0.1) is 5.92 Å². The van der Waals surface area contributed by atoms with Crippen molar-refractivity contribution in [1.82, 2.24) is 0 Å². The maximum absolute atomic E-state index is 12.7. The van der Waals surface area contributed by atoms with Crippen molar-refractivity contribution in [2.24, 2.45) is 11.7 Å². The van der Waals surface area contributed by atoms with Gasteiger partial charge in [-0.15, -0.1) is 0 Å². The van der Waals surface area contributed by atoms with Crippen molar-refractivity contribution in [3.8, 4) is 0 Å². The van der Waals surface area contributed by atoms with E-state index in [4.69, 9.17) is 15.2 Å². The highest BCUT2D eigenvalue weighted by Crippen LogP contribution is 2.38. The van der Waals surface area contributed by atoms with Crippen LogP contribution in [0.5, 0.6) is 0 Å². The molecule has 0 aromatic heterocycles. The summed E-state index contributed by atoms with van der Waals surface area (Å²) in [6.07, 6.45) is 3.34. The van der Waals surface area contributed by atoms with Gasteiger partial charge in [0.05, 0.1) is 11.6 Å². The van der Waals surface area contributed by atoms with Crippen molar-refractivity contribution in [1.29, 1.82) is 0 Å². The number of ketones is 1. The van der Waals surface area contributed by atoms with E-state index in [0.29, 0.717) is 6.61 Å². The number of carbonyl (C=O) groups excluding carboxylic acids is 1. The Hall–Kier alpha value is -1.23. The maximum Gasteiger partial charge on any atom is 0.157 e. The summed E-state index contributed by atoms with van der Waals surface area (Å²) in [5.41, 5.74) is 6.91. The van der Waals surface area contributed by atoms with Gasteiger partial charge in [-0.25, -0.2) is 0 Å². The van der Waals surface area contributed by atoms with Gasteiger partial charge < -0.3 is 15.2 Å². The van der Waals surface area contributed by atoms with E-state index in [0.717, 1.165) is 44.5 Å². The molecule has 2 aliphatic rings. The van der Waals surface area contributed by atoms with Crippen molar-refractivity contribution in [2.75, 3.05) is 19.8 Å². The Morgan fingerprint density at radius 2 is 1.90 bits per heavy atom. The van der Waals surface area contributed by atoms with Gasteiger partial charge in [-0.05, 0) is 31.2 Å². The third kappa shape index (κ3) is 3.18. The van der Waals surface area contributed by atoms with E-state index in [1.54, 1.807) is 0 Å². The minimum atomic E-state index is -0.522. The first-order chi connectivity index (χ1) is 10.2. The fraction of sp³-hybridized carbons (Fsp3) is 0.588. The third-order valence-electron chi connectivity index (χ3n) is 4.76. The fourth-order valence-electron chi connectivity index (χ4n) is 3.44. The highest BCUT2D eigenvalue weighted by atomic mass is 16.5. The SMILES string of the molecule is N[C@@H](C(=O)C1CCOC2(CCOCC2)C1)c1ccccc1. The summed E-state index contributed by atoms with van der Waals surface area (Å²) < 4.78 is 11.4. The molecule has 3 rings (SSSR count). The zero-order valence-electron chi connectivity index (χ0n) is 12.3. The van der Waals surface area contributed by atoms with Gasteiger partial charge in [0, 0.05) is 25.7 Å². The van der Waals surface area contributed by atoms with E-state index in [1.165, 1.54) is 0 Å². The molecule has 0 aliphatic carbocycles. The Kier molecular flexibility index (Phi) is 4.38. The standard InChI is InChI=1S/C17H23NO3/c18-15(13-4-2-1-3-5-13)16(19)14-6-9-21-17(12-14)7-10-20-11-8-17/h1-5,14-15H,6-12,18H2/t14?,15-/m1/s1. The average Bonchev–Trinajstić information content (AvgIpc) is 2.55. The lowest BCUT2D eigenvalue weighted by molar-refractivity contribution is -0.157. The van der Waals surface area contributed by atoms with Gasteiger partial charge in [0.25, 0.3) is 0 Å². The number of rotatable bonds is 3. The van der Waals surface area contributed by atoms with Crippen LogP contribution in [0.4, 0.5) is 0 Å². The van der Waals surface area contributed by atoms with E-state index in [2.05, 4.69) is 0 Å². The molecule has 21 heavy (non-hydrogen) atoms. The van der Waals surface area contributed by atoms with Gasteiger partial charge in [-0.3, -0.25) is 4.79 Å². The van der Waals surface area contributed by atoms with E-state index in [-0.39, 0.29) is 17.3 Å².